The van der Waals surface area contributed by atoms with Crippen LogP contribution in [-0.2, 0) is 16.8 Å². The Hall–Kier alpha value is -2.41. The fraction of sp³-hybridized carbons (Fsp3) is 0.0556. The van der Waals surface area contributed by atoms with E-state index in [1.54, 1.807) is 18.3 Å². The van der Waals surface area contributed by atoms with Crippen LogP contribution in [0.4, 0.5) is 5.69 Å². The van der Waals surface area contributed by atoms with Gasteiger partial charge in [-0.3, -0.25) is 9.71 Å². The van der Waals surface area contributed by atoms with Gasteiger partial charge in [0, 0.05) is 28.9 Å². The molecule has 0 amide bonds. The Morgan fingerprint density at radius 1 is 1.00 bits per heavy atom. The quantitative estimate of drug-likeness (QED) is 0.719. The number of nitrogens with zero attached hydrogens (tertiary/aromatic N) is 1. The van der Waals surface area contributed by atoms with E-state index in [4.69, 9.17) is 11.6 Å². The van der Waals surface area contributed by atoms with Gasteiger partial charge in [0.25, 0.3) is 10.2 Å². The van der Waals surface area contributed by atoms with E-state index in [-0.39, 0.29) is 6.54 Å². The average molecular weight is 372 g/mol. The minimum absolute atomic E-state index is 0.195. The molecule has 1 aliphatic heterocycles. The molecule has 1 aliphatic rings. The van der Waals surface area contributed by atoms with Gasteiger partial charge in [0.2, 0.25) is 0 Å². The molecule has 0 bridgehead atoms. The number of fused-ring (bicyclic) bond motifs is 1. The highest BCUT2D eigenvalue weighted by Crippen LogP contribution is 2.36. The topological polar surface area (TPSA) is 71.1 Å². The Bertz CT molecular complexity index is 1040. The summed E-state index contributed by atoms with van der Waals surface area (Å²) in [4.78, 5) is 4.51. The van der Waals surface area contributed by atoms with E-state index in [0.29, 0.717) is 22.0 Å². The van der Waals surface area contributed by atoms with Crippen LogP contribution >= 0.6 is 11.6 Å². The van der Waals surface area contributed by atoms with Crippen molar-refractivity contribution in [3.63, 3.8) is 0 Å². The van der Waals surface area contributed by atoms with Crippen molar-refractivity contribution in [2.45, 2.75) is 6.54 Å². The Labute approximate surface area is 150 Å². The van der Waals surface area contributed by atoms with Gasteiger partial charge >= 0.3 is 0 Å². The van der Waals surface area contributed by atoms with Gasteiger partial charge in [-0.1, -0.05) is 48.0 Å². The summed E-state index contributed by atoms with van der Waals surface area (Å²) < 4.78 is 28.7. The maximum Gasteiger partial charge on any atom is 0.299 e. The van der Waals surface area contributed by atoms with Gasteiger partial charge in [0.1, 0.15) is 0 Å². The lowest BCUT2D eigenvalue weighted by Gasteiger charge is -2.22. The molecule has 126 valence electrons. The number of benzene rings is 2. The second kappa shape index (κ2) is 6.15. The molecule has 0 radical (unpaired) electrons. The summed E-state index contributed by atoms with van der Waals surface area (Å²) in [6, 6.07) is 17.2. The van der Waals surface area contributed by atoms with Crippen molar-refractivity contribution in [3.05, 3.63) is 71.4 Å². The zero-order valence-corrected chi connectivity index (χ0v) is 14.6. The highest BCUT2D eigenvalue weighted by molar-refractivity contribution is 7.90. The van der Waals surface area contributed by atoms with Crippen molar-refractivity contribution in [1.29, 1.82) is 0 Å². The molecule has 7 heteroatoms. The number of anilines is 1. The lowest BCUT2D eigenvalue weighted by atomic mass is 10.0. The van der Waals surface area contributed by atoms with Gasteiger partial charge in [0.15, 0.2) is 0 Å². The molecular formula is C18H14ClN3O2S. The maximum atomic E-state index is 11.8. The SMILES string of the molecule is O=S1(=O)NCc2cc(Cl)cc(-c3ccc(-c4ccccc4)cn3)c2N1. The number of aromatic nitrogens is 1. The maximum absolute atomic E-state index is 11.8. The highest BCUT2D eigenvalue weighted by atomic mass is 35.5. The molecule has 2 N–H and O–H groups in total. The second-order valence-electron chi connectivity index (χ2n) is 5.71. The van der Waals surface area contributed by atoms with Gasteiger partial charge in [-0.25, -0.2) is 0 Å². The normalized spacial score (nSPS) is 15.2. The van der Waals surface area contributed by atoms with Crippen LogP contribution in [0.5, 0.6) is 0 Å². The summed E-state index contributed by atoms with van der Waals surface area (Å²) in [7, 11) is -3.56. The Morgan fingerprint density at radius 2 is 1.80 bits per heavy atom. The molecule has 25 heavy (non-hydrogen) atoms. The van der Waals surface area contributed by atoms with Crippen LogP contribution < -0.4 is 9.44 Å². The molecule has 0 aliphatic carbocycles. The van der Waals surface area contributed by atoms with Crippen LogP contribution in [0.3, 0.4) is 0 Å². The van der Waals surface area contributed by atoms with Crippen molar-refractivity contribution >= 4 is 27.5 Å². The molecule has 0 atom stereocenters. The zero-order valence-electron chi connectivity index (χ0n) is 13.0. The summed E-state index contributed by atoms with van der Waals surface area (Å²) in [6.07, 6.45) is 1.77. The summed E-state index contributed by atoms with van der Waals surface area (Å²) in [5.74, 6) is 0. The first-order chi connectivity index (χ1) is 12.0. The zero-order chi connectivity index (χ0) is 17.4. The fourth-order valence-electron chi connectivity index (χ4n) is 2.82. The number of hydrogen-bond donors (Lipinski definition) is 2. The minimum Gasteiger partial charge on any atom is -0.270 e. The molecule has 0 saturated carbocycles. The highest BCUT2D eigenvalue weighted by Gasteiger charge is 2.23. The summed E-state index contributed by atoms with van der Waals surface area (Å²) in [5.41, 5.74) is 4.67. The third-order valence-corrected chi connectivity index (χ3v) is 5.24. The van der Waals surface area contributed by atoms with Crippen LogP contribution in [0.2, 0.25) is 5.02 Å². The molecule has 0 spiro atoms. The Balaban J connectivity index is 1.79. The number of pyridine rings is 1. The van der Waals surface area contributed by atoms with E-state index in [1.165, 1.54) is 0 Å². The van der Waals surface area contributed by atoms with Crippen LogP contribution in [-0.4, -0.2) is 13.4 Å². The molecule has 3 aromatic rings. The van der Waals surface area contributed by atoms with Crippen molar-refractivity contribution in [3.8, 4) is 22.4 Å². The van der Waals surface area contributed by atoms with E-state index < -0.39 is 10.2 Å². The first-order valence-corrected chi connectivity index (χ1v) is 9.50. The molecule has 2 heterocycles. The predicted molar refractivity (Wildman–Crippen MR) is 99.5 cm³/mol. The van der Waals surface area contributed by atoms with Gasteiger partial charge in [-0.05, 0) is 29.3 Å². The first-order valence-electron chi connectivity index (χ1n) is 7.63. The Kier molecular flexibility index (Phi) is 3.95. The standard InChI is InChI=1S/C18H14ClN3O2S/c19-15-8-14-11-21-25(23,24)22-18(14)16(9-15)17-7-6-13(10-20-17)12-4-2-1-3-5-12/h1-10,21-22H,11H2. The molecule has 5 nitrogen and oxygen atoms in total. The molecule has 1 aromatic heterocycles. The molecular weight excluding hydrogens is 358 g/mol. The van der Waals surface area contributed by atoms with Crippen molar-refractivity contribution in [2.24, 2.45) is 0 Å². The lowest BCUT2D eigenvalue weighted by molar-refractivity contribution is 0.584. The average Bonchev–Trinajstić information content (AvgIpc) is 2.62. The van der Waals surface area contributed by atoms with Gasteiger partial charge < -0.3 is 0 Å². The van der Waals surface area contributed by atoms with Gasteiger partial charge in [-0.15, -0.1) is 0 Å². The monoisotopic (exact) mass is 371 g/mol. The fourth-order valence-corrected chi connectivity index (χ4v) is 3.99. The third kappa shape index (κ3) is 3.24. The first kappa shape index (κ1) is 16.1. The van der Waals surface area contributed by atoms with E-state index in [0.717, 1.165) is 16.7 Å². The predicted octanol–water partition coefficient (Wildman–Crippen LogP) is 3.83. The van der Waals surface area contributed by atoms with E-state index in [1.807, 2.05) is 42.5 Å². The van der Waals surface area contributed by atoms with Crippen LogP contribution in [0, 0.1) is 0 Å². The van der Waals surface area contributed by atoms with Gasteiger partial charge in [0.05, 0.1) is 11.4 Å². The van der Waals surface area contributed by atoms with Crippen LogP contribution in [0.1, 0.15) is 5.56 Å². The smallest absolute Gasteiger partial charge is 0.270 e. The van der Waals surface area contributed by atoms with E-state index >= 15 is 0 Å². The molecule has 4 rings (SSSR count). The van der Waals surface area contributed by atoms with Crippen molar-refractivity contribution < 1.29 is 8.42 Å². The molecule has 0 saturated heterocycles. The summed E-state index contributed by atoms with van der Waals surface area (Å²) in [5, 5.41) is 0.533. The summed E-state index contributed by atoms with van der Waals surface area (Å²) in [6.45, 7) is 0.195. The van der Waals surface area contributed by atoms with Gasteiger partial charge in [-0.2, -0.15) is 13.1 Å². The largest absolute Gasteiger partial charge is 0.299 e. The number of rotatable bonds is 2. The van der Waals surface area contributed by atoms with E-state index in [2.05, 4.69) is 14.4 Å². The van der Waals surface area contributed by atoms with Crippen LogP contribution in [0.15, 0.2) is 60.8 Å². The van der Waals surface area contributed by atoms with Crippen LogP contribution in [0.25, 0.3) is 22.4 Å². The molecule has 0 unspecified atom stereocenters. The lowest BCUT2D eigenvalue weighted by Crippen LogP contribution is -2.34. The van der Waals surface area contributed by atoms with Crippen molar-refractivity contribution in [1.82, 2.24) is 9.71 Å². The second-order valence-corrected chi connectivity index (χ2v) is 7.65. The minimum atomic E-state index is -3.56. The number of halogens is 1. The third-order valence-electron chi connectivity index (χ3n) is 4.02. The summed E-state index contributed by atoms with van der Waals surface area (Å²) >= 11 is 6.20. The molecule has 0 fully saturated rings. The number of nitrogens with one attached hydrogen (secondary N) is 2. The van der Waals surface area contributed by atoms with Crippen molar-refractivity contribution in [2.75, 3.05) is 4.72 Å². The number of hydrogen-bond acceptors (Lipinski definition) is 3. The van der Waals surface area contributed by atoms with E-state index in [9.17, 15) is 8.42 Å². The Morgan fingerprint density at radius 3 is 2.52 bits per heavy atom. The molecule has 2 aromatic carbocycles.